The van der Waals surface area contributed by atoms with E-state index in [1.165, 1.54) is 11.3 Å². The number of aliphatic hydroxyl groups is 1. The lowest BCUT2D eigenvalue weighted by Crippen LogP contribution is -2.33. The zero-order valence-corrected chi connectivity index (χ0v) is 14.5. The van der Waals surface area contributed by atoms with E-state index in [2.05, 4.69) is 15.6 Å². The lowest BCUT2D eigenvalue weighted by Gasteiger charge is -2.17. The number of rotatable bonds is 6. The number of hydrogen-bond acceptors (Lipinski definition) is 5. The normalized spacial score (nSPS) is 11.9. The number of carboxylic acid groups (broad SMARTS) is 1. The lowest BCUT2D eigenvalue weighted by molar-refractivity contribution is -0.117. The third-order valence-corrected chi connectivity index (χ3v) is 4.91. The predicted molar refractivity (Wildman–Crippen MR) is 99.4 cm³/mol. The van der Waals surface area contributed by atoms with E-state index in [9.17, 15) is 9.59 Å². The number of pyridine rings is 1. The van der Waals surface area contributed by atoms with Crippen LogP contribution in [0.15, 0.2) is 48.8 Å². The van der Waals surface area contributed by atoms with Gasteiger partial charge in [0.05, 0.1) is 22.2 Å². The number of nitrogens with one attached hydrogen (secondary N) is 2. The molecule has 7 nitrogen and oxygen atoms in total. The summed E-state index contributed by atoms with van der Waals surface area (Å²) in [5, 5.41) is 24.8. The van der Waals surface area contributed by atoms with Crippen molar-refractivity contribution in [2.45, 2.75) is 12.5 Å². The largest absolute Gasteiger partial charge is 0.465 e. The molecule has 0 bridgehead atoms. The molecule has 8 heteroatoms. The second-order valence-electron chi connectivity index (χ2n) is 5.65. The average molecular weight is 371 g/mol. The van der Waals surface area contributed by atoms with Gasteiger partial charge in [0.1, 0.15) is 0 Å². The molecule has 134 valence electrons. The zero-order valence-electron chi connectivity index (χ0n) is 13.7. The topological polar surface area (TPSA) is 112 Å². The van der Waals surface area contributed by atoms with Crippen LogP contribution in [0.25, 0.3) is 10.1 Å². The van der Waals surface area contributed by atoms with E-state index in [0.29, 0.717) is 10.6 Å². The summed E-state index contributed by atoms with van der Waals surface area (Å²) in [4.78, 5) is 27.7. The molecule has 0 aliphatic carbocycles. The minimum Gasteiger partial charge on any atom is -0.465 e. The molecule has 1 aromatic carbocycles. The summed E-state index contributed by atoms with van der Waals surface area (Å²) >= 11 is 1.40. The molecule has 3 rings (SSSR count). The van der Waals surface area contributed by atoms with Gasteiger partial charge in [-0.3, -0.25) is 9.78 Å². The number of hydrogen-bond donors (Lipinski definition) is 4. The first-order valence-electron chi connectivity index (χ1n) is 7.87. The van der Waals surface area contributed by atoms with Crippen molar-refractivity contribution in [3.8, 4) is 0 Å². The van der Waals surface area contributed by atoms with Crippen molar-refractivity contribution >= 4 is 38.4 Å². The predicted octanol–water partition coefficient (Wildman–Crippen LogP) is 2.78. The summed E-state index contributed by atoms with van der Waals surface area (Å²) < 4.78 is 0.954. The zero-order chi connectivity index (χ0) is 18.5. The highest BCUT2D eigenvalue weighted by Crippen LogP contribution is 2.30. The Balaban J connectivity index is 1.81. The Morgan fingerprint density at radius 1 is 1.19 bits per heavy atom. The maximum atomic E-state index is 12.8. The first-order chi connectivity index (χ1) is 12.6. The molecule has 0 aliphatic rings. The number of thiophene rings is 1. The summed E-state index contributed by atoms with van der Waals surface area (Å²) in [6.45, 7) is -0.146. The summed E-state index contributed by atoms with van der Waals surface area (Å²) in [5.74, 6) is -1.00. The highest BCUT2D eigenvalue weighted by atomic mass is 32.1. The first-order valence-corrected chi connectivity index (χ1v) is 8.69. The Labute approximate surface area is 153 Å². The molecule has 0 saturated heterocycles. The fourth-order valence-electron chi connectivity index (χ4n) is 2.56. The minimum atomic E-state index is -1.19. The van der Waals surface area contributed by atoms with Gasteiger partial charge in [-0.25, -0.2) is 4.79 Å². The van der Waals surface area contributed by atoms with Gasteiger partial charge < -0.3 is 20.8 Å². The van der Waals surface area contributed by atoms with Gasteiger partial charge >= 0.3 is 6.09 Å². The summed E-state index contributed by atoms with van der Waals surface area (Å²) in [5.41, 5.74) is 1.38. The van der Waals surface area contributed by atoms with Gasteiger partial charge in [-0.15, -0.1) is 11.3 Å². The smallest absolute Gasteiger partial charge is 0.404 e. The maximum absolute atomic E-state index is 12.8. The molecule has 2 heterocycles. The molecule has 4 N–H and O–H groups in total. The van der Waals surface area contributed by atoms with Crippen LogP contribution in [0.2, 0.25) is 0 Å². The third-order valence-electron chi connectivity index (χ3n) is 3.91. The van der Waals surface area contributed by atoms with E-state index in [4.69, 9.17) is 10.2 Å². The lowest BCUT2D eigenvalue weighted by atomic mass is 9.97. The Morgan fingerprint density at radius 2 is 1.96 bits per heavy atom. The van der Waals surface area contributed by atoms with Crippen LogP contribution in [-0.4, -0.2) is 33.7 Å². The Bertz CT molecular complexity index is 891. The molecule has 0 radical (unpaired) electrons. The van der Waals surface area contributed by atoms with Gasteiger partial charge in [-0.05, 0) is 28.6 Å². The second kappa shape index (κ2) is 7.94. The number of aliphatic hydroxyl groups excluding tert-OH is 1. The standard InChI is InChI=1S/C18H17N3O4S/c22-10-11-1-3-12(4-2-11)14(8-20-18(24)25)17(23)21-16-7-13-5-6-19-9-15(13)26-16/h1-7,9,14,20,22H,8,10H2,(H,21,23)(H,24,25). The Hall–Kier alpha value is -2.97. The molecule has 2 amide bonds. The highest BCUT2D eigenvalue weighted by Gasteiger charge is 2.22. The number of amides is 2. The van der Waals surface area contributed by atoms with E-state index >= 15 is 0 Å². The van der Waals surface area contributed by atoms with Crippen molar-refractivity contribution in [2.75, 3.05) is 11.9 Å². The summed E-state index contributed by atoms with van der Waals surface area (Å²) in [6.07, 6.45) is 2.22. The molecule has 1 atom stereocenters. The fourth-order valence-corrected chi connectivity index (χ4v) is 3.49. The van der Waals surface area contributed by atoms with E-state index < -0.39 is 12.0 Å². The molecule has 0 fully saturated rings. The van der Waals surface area contributed by atoms with Crippen molar-refractivity contribution in [2.24, 2.45) is 0 Å². The van der Waals surface area contributed by atoms with Crippen molar-refractivity contribution in [3.05, 3.63) is 59.9 Å². The van der Waals surface area contributed by atoms with Crippen molar-refractivity contribution in [1.82, 2.24) is 10.3 Å². The number of carbonyl (C=O) groups excluding carboxylic acids is 1. The SMILES string of the molecule is O=C(O)NCC(C(=O)Nc1cc2ccncc2s1)c1ccc(CO)cc1. The quantitative estimate of drug-likeness (QED) is 0.532. The first kappa shape index (κ1) is 17.8. The van der Waals surface area contributed by atoms with Crippen molar-refractivity contribution < 1.29 is 19.8 Å². The maximum Gasteiger partial charge on any atom is 0.404 e. The number of benzene rings is 1. The van der Waals surface area contributed by atoms with Crippen LogP contribution in [0.4, 0.5) is 9.80 Å². The number of fused-ring (bicyclic) bond motifs is 1. The van der Waals surface area contributed by atoms with Crippen LogP contribution in [-0.2, 0) is 11.4 Å². The van der Waals surface area contributed by atoms with Crippen LogP contribution >= 0.6 is 11.3 Å². The highest BCUT2D eigenvalue weighted by molar-refractivity contribution is 7.22. The summed E-state index contributed by atoms with van der Waals surface area (Å²) in [7, 11) is 0. The van der Waals surface area contributed by atoms with E-state index in [-0.39, 0.29) is 19.1 Å². The number of aromatic nitrogens is 1. The van der Waals surface area contributed by atoms with Crippen LogP contribution < -0.4 is 10.6 Å². The monoisotopic (exact) mass is 371 g/mol. The molecule has 2 aromatic heterocycles. The number of anilines is 1. The minimum absolute atomic E-state index is 0.0495. The van der Waals surface area contributed by atoms with Crippen LogP contribution in [0.5, 0.6) is 0 Å². The Morgan fingerprint density at radius 3 is 2.62 bits per heavy atom. The average Bonchev–Trinajstić information content (AvgIpc) is 3.04. The number of carbonyl (C=O) groups is 2. The van der Waals surface area contributed by atoms with Gasteiger partial charge in [0.2, 0.25) is 5.91 Å². The van der Waals surface area contributed by atoms with Gasteiger partial charge in [0.15, 0.2) is 0 Å². The molecule has 1 unspecified atom stereocenters. The van der Waals surface area contributed by atoms with E-state index in [1.54, 1.807) is 36.7 Å². The molecule has 0 spiro atoms. The van der Waals surface area contributed by atoms with Crippen LogP contribution in [0.1, 0.15) is 17.0 Å². The van der Waals surface area contributed by atoms with Crippen molar-refractivity contribution in [1.29, 1.82) is 0 Å². The molecule has 3 aromatic rings. The van der Waals surface area contributed by atoms with Gasteiger partial charge in [-0.2, -0.15) is 0 Å². The molecule has 26 heavy (non-hydrogen) atoms. The molecular weight excluding hydrogens is 354 g/mol. The van der Waals surface area contributed by atoms with Gasteiger partial charge in [0, 0.05) is 18.9 Å². The van der Waals surface area contributed by atoms with Crippen molar-refractivity contribution in [3.63, 3.8) is 0 Å². The molecular formula is C18H17N3O4S. The second-order valence-corrected chi connectivity index (χ2v) is 6.74. The van der Waals surface area contributed by atoms with E-state index in [1.807, 2.05) is 12.1 Å². The van der Waals surface area contributed by atoms with E-state index in [0.717, 1.165) is 15.6 Å². The van der Waals surface area contributed by atoms with Crippen LogP contribution in [0, 0.1) is 0 Å². The third kappa shape index (κ3) is 4.16. The number of nitrogens with zero attached hydrogens (tertiary/aromatic N) is 1. The molecule has 0 saturated carbocycles. The van der Waals surface area contributed by atoms with Gasteiger partial charge in [0.25, 0.3) is 0 Å². The Kier molecular flexibility index (Phi) is 5.45. The van der Waals surface area contributed by atoms with Crippen LogP contribution in [0.3, 0.4) is 0 Å². The van der Waals surface area contributed by atoms with Gasteiger partial charge in [-0.1, -0.05) is 24.3 Å². The fraction of sp³-hybridized carbons (Fsp3) is 0.167. The molecule has 0 aliphatic heterocycles. The summed E-state index contributed by atoms with van der Waals surface area (Å²) in [6, 6.07) is 10.6.